The number of esters is 1. The van der Waals surface area contributed by atoms with Crippen LogP contribution in [-0.4, -0.2) is 22.0 Å². The molecule has 0 aliphatic heterocycles. The summed E-state index contributed by atoms with van der Waals surface area (Å²) in [6.07, 6.45) is 2.97. The van der Waals surface area contributed by atoms with Crippen molar-refractivity contribution < 1.29 is 9.53 Å². The lowest BCUT2D eigenvalue weighted by Gasteiger charge is -2.08. The van der Waals surface area contributed by atoms with Crippen molar-refractivity contribution in [3.8, 4) is 0 Å². The number of H-pyrrole nitrogens is 1. The Bertz CT molecular complexity index is 534. The lowest BCUT2D eigenvalue weighted by Crippen LogP contribution is -2.12. The van der Waals surface area contributed by atoms with E-state index < -0.39 is 5.97 Å². The molecule has 0 radical (unpaired) electrons. The standard InChI is InChI=1S/C11H11ClN2O2/c1-6(2)16-11(15)8-5-14-10-7(9(8)12)3-4-13-10/h3-6H,1-2H3,(H,13,14). The van der Waals surface area contributed by atoms with Crippen LogP contribution in [0.1, 0.15) is 24.2 Å². The van der Waals surface area contributed by atoms with Gasteiger partial charge < -0.3 is 9.72 Å². The third-order valence-electron chi connectivity index (χ3n) is 2.08. The molecule has 0 saturated carbocycles. The zero-order valence-electron chi connectivity index (χ0n) is 8.95. The summed E-state index contributed by atoms with van der Waals surface area (Å²) in [6.45, 7) is 3.57. The van der Waals surface area contributed by atoms with Crippen LogP contribution >= 0.6 is 11.6 Å². The molecule has 0 unspecified atom stereocenters. The summed E-state index contributed by atoms with van der Waals surface area (Å²) in [5, 5.41) is 1.09. The predicted molar refractivity (Wildman–Crippen MR) is 61.7 cm³/mol. The molecule has 0 saturated heterocycles. The van der Waals surface area contributed by atoms with Gasteiger partial charge in [0.25, 0.3) is 0 Å². The van der Waals surface area contributed by atoms with Crippen molar-refractivity contribution in [1.82, 2.24) is 9.97 Å². The van der Waals surface area contributed by atoms with E-state index in [-0.39, 0.29) is 6.10 Å². The predicted octanol–water partition coefficient (Wildman–Crippen LogP) is 2.78. The highest BCUT2D eigenvalue weighted by molar-refractivity contribution is 6.38. The van der Waals surface area contributed by atoms with E-state index in [1.165, 1.54) is 6.20 Å². The molecule has 0 spiro atoms. The van der Waals surface area contributed by atoms with Gasteiger partial charge in [-0.1, -0.05) is 11.6 Å². The third kappa shape index (κ3) is 1.88. The Labute approximate surface area is 97.6 Å². The zero-order valence-corrected chi connectivity index (χ0v) is 9.71. The van der Waals surface area contributed by atoms with Crippen molar-refractivity contribution in [3.63, 3.8) is 0 Å². The van der Waals surface area contributed by atoms with Gasteiger partial charge in [-0.15, -0.1) is 0 Å². The fraction of sp³-hybridized carbons (Fsp3) is 0.273. The van der Waals surface area contributed by atoms with E-state index in [0.717, 1.165) is 5.39 Å². The first-order valence-electron chi connectivity index (χ1n) is 4.92. The van der Waals surface area contributed by atoms with Gasteiger partial charge in [-0.05, 0) is 19.9 Å². The maximum absolute atomic E-state index is 11.7. The molecule has 2 aromatic rings. The fourth-order valence-corrected chi connectivity index (χ4v) is 1.67. The molecule has 4 nitrogen and oxygen atoms in total. The van der Waals surface area contributed by atoms with Crippen LogP contribution in [0, 0.1) is 0 Å². The summed E-state index contributed by atoms with van der Waals surface area (Å²) in [5.74, 6) is -0.449. The second-order valence-electron chi connectivity index (χ2n) is 3.68. The number of hydrogen-bond acceptors (Lipinski definition) is 3. The summed E-state index contributed by atoms with van der Waals surface area (Å²) in [5.41, 5.74) is 0.952. The first-order valence-corrected chi connectivity index (χ1v) is 5.30. The topological polar surface area (TPSA) is 55.0 Å². The van der Waals surface area contributed by atoms with Gasteiger partial charge in [-0.3, -0.25) is 0 Å². The highest BCUT2D eigenvalue weighted by atomic mass is 35.5. The lowest BCUT2D eigenvalue weighted by molar-refractivity contribution is 0.0378. The monoisotopic (exact) mass is 238 g/mol. The Hall–Kier alpha value is -1.55. The van der Waals surface area contributed by atoms with E-state index in [1.54, 1.807) is 26.1 Å². The van der Waals surface area contributed by atoms with Gasteiger partial charge in [0.2, 0.25) is 0 Å². The van der Waals surface area contributed by atoms with Gasteiger partial charge >= 0.3 is 5.97 Å². The number of aromatic amines is 1. The number of fused-ring (bicyclic) bond motifs is 1. The Balaban J connectivity index is 2.44. The van der Waals surface area contributed by atoms with Crippen LogP contribution in [-0.2, 0) is 4.74 Å². The normalized spacial score (nSPS) is 11.0. The highest BCUT2D eigenvalue weighted by Crippen LogP contribution is 2.25. The van der Waals surface area contributed by atoms with Gasteiger partial charge in [0.1, 0.15) is 5.65 Å². The summed E-state index contributed by atoms with van der Waals surface area (Å²) < 4.78 is 5.07. The minimum Gasteiger partial charge on any atom is -0.459 e. The van der Waals surface area contributed by atoms with Gasteiger partial charge in [-0.25, -0.2) is 9.78 Å². The quantitative estimate of drug-likeness (QED) is 0.819. The first kappa shape index (κ1) is 11.0. The van der Waals surface area contributed by atoms with Gasteiger partial charge in [0, 0.05) is 17.8 Å². The third-order valence-corrected chi connectivity index (χ3v) is 2.49. The summed E-state index contributed by atoms with van der Waals surface area (Å²) in [6, 6.07) is 1.77. The summed E-state index contributed by atoms with van der Waals surface area (Å²) >= 11 is 6.10. The molecule has 2 heterocycles. The van der Waals surface area contributed by atoms with Gasteiger partial charge in [0.05, 0.1) is 16.7 Å². The maximum Gasteiger partial charge on any atom is 0.341 e. The number of pyridine rings is 1. The van der Waals surface area contributed by atoms with Gasteiger partial charge in [0.15, 0.2) is 0 Å². The second-order valence-corrected chi connectivity index (χ2v) is 4.06. The van der Waals surface area contributed by atoms with Crippen LogP contribution in [0.15, 0.2) is 18.5 Å². The number of halogens is 1. The molecular formula is C11H11ClN2O2. The molecule has 0 fully saturated rings. The van der Waals surface area contributed by atoms with E-state index in [0.29, 0.717) is 16.2 Å². The minimum atomic E-state index is -0.449. The number of carbonyl (C=O) groups is 1. The number of aromatic nitrogens is 2. The van der Waals surface area contributed by atoms with Crippen LogP contribution < -0.4 is 0 Å². The molecule has 0 aliphatic rings. The average molecular weight is 239 g/mol. The Morgan fingerprint density at radius 3 is 3.00 bits per heavy atom. The molecular weight excluding hydrogens is 228 g/mol. The fourth-order valence-electron chi connectivity index (χ4n) is 1.40. The molecule has 0 aromatic carbocycles. The van der Waals surface area contributed by atoms with E-state index in [2.05, 4.69) is 9.97 Å². The number of carbonyl (C=O) groups excluding carboxylic acids is 1. The molecule has 84 valence electrons. The van der Waals surface area contributed by atoms with Crippen LogP contribution in [0.2, 0.25) is 5.02 Å². The largest absolute Gasteiger partial charge is 0.459 e. The van der Waals surface area contributed by atoms with Crippen molar-refractivity contribution in [2.75, 3.05) is 0 Å². The lowest BCUT2D eigenvalue weighted by atomic mass is 10.2. The number of nitrogens with one attached hydrogen (secondary N) is 1. The van der Waals surface area contributed by atoms with Crippen LogP contribution in [0.4, 0.5) is 0 Å². The Morgan fingerprint density at radius 1 is 1.56 bits per heavy atom. The Kier molecular flexibility index (Phi) is 2.83. The SMILES string of the molecule is CC(C)OC(=O)c1cnc2[nH]ccc2c1Cl. The molecule has 0 atom stereocenters. The molecule has 0 bridgehead atoms. The smallest absolute Gasteiger partial charge is 0.341 e. The van der Waals surface area contributed by atoms with Crippen molar-refractivity contribution in [2.45, 2.75) is 20.0 Å². The summed E-state index contributed by atoms with van der Waals surface area (Å²) in [7, 11) is 0. The molecule has 16 heavy (non-hydrogen) atoms. The van der Waals surface area contributed by atoms with Crippen LogP contribution in [0.25, 0.3) is 11.0 Å². The van der Waals surface area contributed by atoms with Crippen molar-refractivity contribution in [2.24, 2.45) is 0 Å². The van der Waals surface area contributed by atoms with E-state index >= 15 is 0 Å². The second kappa shape index (κ2) is 4.14. The summed E-state index contributed by atoms with van der Waals surface area (Å²) in [4.78, 5) is 18.7. The molecule has 5 heteroatoms. The molecule has 2 rings (SSSR count). The van der Waals surface area contributed by atoms with Crippen molar-refractivity contribution >= 4 is 28.6 Å². The maximum atomic E-state index is 11.7. The number of ether oxygens (including phenoxy) is 1. The molecule has 1 N–H and O–H groups in total. The molecule has 0 amide bonds. The van der Waals surface area contributed by atoms with Crippen molar-refractivity contribution in [3.05, 3.63) is 29.0 Å². The first-order chi connectivity index (χ1) is 7.59. The van der Waals surface area contributed by atoms with E-state index in [1.807, 2.05) is 0 Å². The van der Waals surface area contributed by atoms with Gasteiger partial charge in [-0.2, -0.15) is 0 Å². The minimum absolute atomic E-state index is 0.175. The molecule has 0 aliphatic carbocycles. The Morgan fingerprint density at radius 2 is 2.31 bits per heavy atom. The average Bonchev–Trinajstić information content (AvgIpc) is 2.65. The van der Waals surface area contributed by atoms with Crippen LogP contribution in [0.5, 0.6) is 0 Å². The van der Waals surface area contributed by atoms with E-state index in [9.17, 15) is 4.79 Å². The zero-order chi connectivity index (χ0) is 11.7. The van der Waals surface area contributed by atoms with E-state index in [4.69, 9.17) is 16.3 Å². The number of nitrogens with zero attached hydrogens (tertiary/aromatic N) is 1. The van der Waals surface area contributed by atoms with Crippen molar-refractivity contribution in [1.29, 1.82) is 0 Å². The number of hydrogen-bond donors (Lipinski definition) is 1. The number of rotatable bonds is 2. The highest BCUT2D eigenvalue weighted by Gasteiger charge is 2.16. The van der Waals surface area contributed by atoms with Crippen LogP contribution in [0.3, 0.4) is 0 Å². The molecule has 2 aromatic heterocycles.